The number of carbonyl (C=O) groups excluding carboxylic acids is 2. The lowest BCUT2D eigenvalue weighted by molar-refractivity contribution is -0.153. The predicted molar refractivity (Wildman–Crippen MR) is 116 cm³/mol. The Balaban J connectivity index is 1.95. The van der Waals surface area contributed by atoms with Crippen molar-refractivity contribution in [2.45, 2.75) is 32.8 Å². The maximum absolute atomic E-state index is 12.4. The highest BCUT2D eigenvalue weighted by atomic mass is 16.5. The average Bonchev–Trinajstić information content (AvgIpc) is 2.78. The molecule has 0 heterocycles. The molecule has 0 saturated carbocycles. The summed E-state index contributed by atoms with van der Waals surface area (Å²) in [6.45, 7) is 3.85. The summed E-state index contributed by atoms with van der Waals surface area (Å²) in [4.78, 5) is 24.7. The second-order valence-electron chi connectivity index (χ2n) is 6.58. The lowest BCUT2D eigenvalue weighted by Gasteiger charge is -2.16. The van der Waals surface area contributed by atoms with Gasteiger partial charge >= 0.3 is 5.97 Å². The van der Waals surface area contributed by atoms with E-state index in [9.17, 15) is 9.59 Å². The third-order valence-corrected chi connectivity index (χ3v) is 4.46. The second kappa shape index (κ2) is 11.7. The average molecular weight is 431 g/mol. The Labute approximate surface area is 182 Å². The van der Waals surface area contributed by atoms with E-state index in [-0.39, 0.29) is 6.42 Å². The van der Waals surface area contributed by atoms with Gasteiger partial charge in [-0.25, -0.2) is 0 Å². The molecule has 31 heavy (non-hydrogen) atoms. The van der Waals surface area contributed by atoms with E-state index in [4.69, 9.17) is 23.7 Å². The highest BCUT2D eigenvalue weighted by Gasteiger charge is 2.20. The van der Waals surface area contributed by atoms with Gasteiger partial charge in [0.15, 0.2) is 17.6 Å². The molecule has 168 valence electrons. The van der Waals surface area contributed by atoms with Crippen molar-refractivity contribution < 1.29 is 33.3 Å². The summed E-state index contributed by atoms with van der Waals surface area (Å²) in [5.74, 6) is 1.12. The van der Waals surface area contributed by atoms with E-state index in [1.165, 1.54) is 28.3 Å². The summed E-state index contributed by atoms with van der Waals surface area (Å²) >= 11 is 0. The topological polar surface area (TPSA) is 92.3 Å². The fourth-order valence-corrected chi connectivity index (χ4v) is 2.92. The number of hydrogen-bond acceptors (Lipinski definition) is 7. The van der Waals surface area contributed by atoms with Gasteiger partial charge in [0.25, 0.3) is 5.91 Å². The molecular weight excluding hydrogens is 402 g/mol. The first-order valence-corrected chi connectivity index (χ1v) is 9.94. The number of amides is 1. The molecule has 2 rings (SSSR count). The smallest absolute Gasteiger partial charge is 0.306 e. The van der Waals surface area contributed by atoms with E-state index >= 15 is 0 Å². The first-order valence-electron chi connectivity index (χ1n) is 9.94. The molecular formula is C23H29NO7. The van der Waals surface area contributed by atoms with Gasteiger partial charge in [0.2, 0.25) is 5.75 Å². The Morgan fingerprint density at radius 1 is 0.968 bits per heavy atom. The molecule has 0 fully saturated rings. The Kier molecular flexibility index (Phi) is 8.99. The second-order valence-corrected chi connectivity index (χ2v) is 6.58. The number of anilines is 1. The Hall–Kier alpha value is -3.42. The van der Waals surface area contributed by atoms with E-state index in [0.717, 1.165) is 5.56 Å². The number of para-hydroxylation sites is 2. The molecule has 8 nitrogen and oxygen atoms in total. The molecule has 0 saturated heterocycles. The number of carbonyl (C=O) groups is 2. The van der Waals surface area contributed by atoms with Gasteiger partial charge in [-0.05, 0) is 50.1 Å². The summed E-state index contributed by atoms with van der Waals surface area (Å²) in [5.41, 5.74) is 1.34. The zero-order chi connectivity index (χ0) is 22.8. The van der Waals surface area contributed by atoms with E-state index in [2.05, 4.69) is 5.32 Å². The van der Waals surface area contributed by atoms with Crippen LogP contribution in [-0.4, -0.2) is 45.9 Å². The third-order valence-electron chi connectivity index (χ3n) is 4.46. The zero-order valence-electron chi connectivity index (χ0n) is 18.5. The molecule has 0 aliphatic heterocycles. The largest absolute Gasteiger partial charge is 0.493 e. The van der Waals surface area contributed by atoms with Crippen molar-refractivity contribution in [3.8, 4) is 23.0 Å². The Morgan fingerprint density at radius 2 is 1.61 bits per heavy atom. The SMILES string of the molecule is CCOc1ccccc1NC(=O)C(C)OC(=O)CCc1cc(OC)c(OC)c(OC)c1. The molecule has 0 aromatic heterocycles. The molecule has 0 spiro atoms. The Bertz CT molecular complexity index is 872. The van der Waals surface area contributed by atoms with Gasteiger partial charge in [0.05, 0.1) is 33.6 Å². The van der Waals surface area contributed by atoms with Crippen molar-refractivity contribution in [1.82, 2.24) is 0 Å². The number of methoxy groups -OCH3 is 3. The maximum Gasteiger partial charge on any atom is 0.306 e. The van der Waals surface area contributed by atoms with Crippen LogP contribution < -0.4 is 24.3 Å². The number of rotatable bonds is 11. The number of benzene rings is 2. The summed E-state index contributed by atoms with van der Waals surface area (Å²) in [5, 5.41) is 2.73. The summed E-state index contributed by atoms with van der Waals surface area (Å²) in [6, 6.07) is 10.6. The van der Waals surface area contributed by atoms with Crippen LogP contribution in [0.3, 0.4) is 0 Å². The highest BCUT2D eigenvalue weighted by Crippen LogP contribution is 2.38. The molecule has 0 radical (unpaired) electrons. The first-order chi connectivity index (χ1) is 14.9. The van der Waals surface area contributed by atoms with Gasteiger partial charge < -0.3 is 29.0 Å². The van der Waals surface area contributed by atoms with E-state index in [0.29, 0.717) is 41.7 Å². The highest BCUT2D eigenvalue weighted by molar-refractivity contribution is 5.96. The van der Waals surface area contributed by atoms with Crippen LogP contribution in [-0.2, 0) is 20.7 Å². The summed E-state index contributed by atoms with van der Waals surface area (Å²) < 4.78 is 26.7. The van der Waals surface area contributed by atoms with Gasteiger partial charge in [0, 0.05) is 6.42 Å². The quantitative estimate of drug-likeness (QED) is 0.543. The van der Waals surface area contributed by atoms with Crippen molar-refractivity contribution in [3.05, 3.63) is 42.0 Å². The van der Waals surface area contributed by atoms with Crippen LogP contribution in [0, 0.1) is 0 Å². The van der Waals surface area contributed by atoms with Crippen LogP contribution in [0.5, 0.6) is 23.0 Å². The van der Waals surface area contributed by atoms with Crippen LogP contribution in [0.25, 0.3) is 0 Å². The first kappa shape index (κ1) is 23.9. The van der Waals surface area contributed by atoms with Gasteiger partial charge in [-0.2, -0.15) is 0 Å². The third kappa shape index (κ3) is 6.53. The number of hydrogen-bond donors (Lipinski definition) is 1. The predicted octanol–water partition coefficient (Wildman–Crippen LogP) is 3.61. The molecule has 8 heteroatoms. The Morgan fingerprint density at radius 3 is 2.19 bits per heavy atom. The van der Waals surface area contributed by atoms with Gasteiger partial charge in [-0.3, -0.25) is 9.59 Å². The van der Waals surface area contributed by atoms with Gasteiger partial charge in [-0.1, -0.05) is 12.1 Å². The van der Waals surface area contributed by atoms with Crippen molar-refractivity contribution in [2.24, 2.45) is 0 Å². The summed E-state index contributed by atoms with van der Waals surface area (Å²) in [6.07, 6.45) is -0.481. The number of aryl methyl sites for hydroxylation is 1. The van der Waals surface area contributed by atoms with Crippen molar-refractivity contribution in [2.75, 3.05) is 33.3 Å². The van der Waals surface area contributed by atoms with Gasteiger partial charge in [0.1, 0.15) is 5.75 Å². The molecule has 2 aromatic carbocycles. The molecule has 1 unspecified atom stereocenters. The fraction of sp³-hybridized carbons (Fsp3) is 0.391. The lowest BCUT2D eigenvalue weighted by atomic mass is 10.1. The lowest BCUT2D eigenvalue weighted by Crippen LogP contribution is -2.30. The minimum atomic E-state index is -0.956. The standard InChI is InChI=1S/C23H29NO7/c1-6-30-18-10-8-7-9-17(18)24-23(26)15(2)31-21(25)12-11-16-13-19(27-3)22(29-5)20(14-16)28-4/h7-10,13-15H,6,11-12H2,1-5H3,(H,24,26). The minimum absolute atomic E-state index is 0.0891. The number of ether oxygens (including phenoxy) is 5. The zero-order valence-corrected chi connectivity index (χ0v) is 18.5. The number of nitrogens with one attached hydrogen (secondary N) is 1. The van der Waals surface area contributed by atoms with Crippen LogP contribution >= 0.6 is 0 Å². The molecule has 0 aliphatic rings. The normalized spacial score (nSPS) is 11.3. The molecule has 0 bridgehead atoms. The van der Waals surface area contributed by atoms with Crippen LogP contribution in [0.1, 0.15) is 25.8 Å². The van der Waals surface area contributed by atoms with Gasteiger partial charge in [-0.15, -0.1) is 0 Å². The maximum atomic E-state index is 12.4. The minimum Gasteiger partial charge on any atom is -0.493 e. The number of esters is 1. The van der Waals surface area contributed by atoms with E-state index in [1.54, 1.807) is 30.3 Å². The molecule has 1 N–H and O–H groups in total. The molecule has 1 atom stereocenters. The fourth-order valence-electron chi connectivity index (χ4n) is 2.92. The van der Waals surface area contributed by atoms with Crippen molar-refractivity contribution >= 4 is 17.6 Å². The molecule has 0 aliphatic carbocycles. The molecule has 1 amide bonds. The van der Waals surface area contributed by atoms with E-state index in [1.807, 2.05) is 13.0 Å². The van der Waals surface area contributed by atoms with Crippen LogP contribution in [0.15, 0.2) is 36.4 Å². The molecule has 2 aromatic rings. The van der Waals surface area contributed by atoms with Crippen LogP contribution in [0.4, 0.5) is 5.69 Å². The summed E-state index contributed by atoms with van der Waals surface area (Å²) in [7, 11) is 4.58. The monoisotopic (exact) mass is 431 g/mol. The van der Waals surface area contributed by atoms with Crippen molar-refractivity contribution in [3.63, 3.8) is 0 Å². The van der Waals surface area contributed by atoms with Crippen molar-refractivity contribution in [1.29, 1.82) is 0 Å². The van der Waals surface area contributed by atoms with Crippen LogP contribution in [0.2, 0.25) is 0 Å². The van der Waals surface area contributed by atoms with E-state index < -0.39 is 18.0 Å².